The molecule has 0 atom stereocenters. The smallest absolute Gasteiger partial charge is 0.335 e. The van der Waals surface area contributed by atoms with Crippen LogP contribution in [0.15, 0.2) is 42.5 Å². The number of hydrogen-bond acceptors (Lipinski definition) is 5. The molecule has 0 amide bonds. The molecule has 98 valence electrons. The molecule has 19 heavy (non-hydrogen) atoms. The maximum absolute atomic E-state index is 10.4. The number of aromatic carboxylic acids is 1. The second kappa shape index (κ2) is 6.75. The van der Waals surface area contributed by atoms with Crippen LogP contribution in [0.2, 0.25) is 0 Å². The van der Waals surface area contributed by atoms with Gasteiger partial charge in [-0.25, -0.2) is 9.78 Å². The second-order valence-electron chi connectivity index (χ2n) is 3.54. The van der Waals surface area contributed by atoms with Crippen LogP contribution in [0.4, 0.5) is 11.6 Å². The summed E-state index contributed by atoms with van der Waals surface area (Å²) < 4.78 is 0. The molecule has 0 radical (unpaired) electrons. The molecule has 0 saturated carbocycles. The van der Waals surface area contributed by atoms with Crippen LogP contribution < -0.4 is 11.5 Å². The van der Waals surface area contributed by atoms with E-state index in [1.807, 2.05) is 0 Å². The van der Waals surface area contributed by atoms with Gasteiger partial charge in [0.25, 0.3) is 0 Å². The number of nitrogens with two attached hydrogens (primary N) is 2. The van der Waals surface area contributed by atoms with Gasteiger partial charge < -0.3 is 16.6 Å². The zero-order chi connectivity index (χ0) is 14.3. The Morgan fingerprint density at radius 3 is 2.11 bits per heavy atom. The topological polar surface area (TPSA) is 119 Å². The number of hydrogen-bond donors (Lipinski definition) is 3. The fourth-order valence-corrected chi connectivity index (χ4v) is 1.21. The van der Waals surface area contributed by atoms with Crippen molar-refractivity contribution in [2.75, 3.05) is 11.5 Å². The van der Waals surface area contributed by atoms with E-state index in [-0.39, 0.29) is 5.56 Å². The Labute approximate surface area is 109 Å². The van der Waals surface area contributed by atoms with E-state index < -0.39 is 5.97 Å². The minimum atomic E-state index is -1.02. The van der Waals surface area contributed by atoms with Gasteiger partial charge in [0.15, 0.2) is 0 Å². The third-order valence-electron chi connectivity index (χ3n) is 2.06. The van der Waals surface area contributed by atoms with Crippen molar-refractivity contribution in [1.82, 2.24) is 4.98 Å². The van der Waals surface area contributed by atoms with Gasteiger partial charge in [0.05, 0.1) is 5.56 Å². The largest absolute Gasteiger partial charge is 0.478 e. The van der Waals surface area contributed by atoms with E-state index in [9.17, 15) is 9.59 Å². The monoisotopic (exact) mass is 259 g/mol. The first kappa shape index (κ1) is 14.2. The highest BCUT2D eigenvalue weighted by Gasteiger charge is 2.01. The summed E-state index contributed by atoms with van der Waals surface area (Å²) in [5, 5.41) is 8.49. The van der Waals surface area contributed by atoms with E-state index >= 15 is 0 Å². The number of carbonyl (C=O) groups excluding carboxylic acids is 1. The molecule has 1 aromatic carbocycles. The average Bonchev–Trinajstić information content (AvgIpc) is 2.39. The molecule has 0 aliphatic heterocycles. The molecule has 6 heteroatoms. The first-order chi connectivity index (χ1) is 9.02. The zero-order valence-corrected chi connectivity index (χ0v) is 9.98. The maximum atomic E-state index is 10.4. The van der Waals surface area contributed by atoms with Crippen molar-refractivity contribution in [3.8, 4) is 0 Å². The number of nitrogens with zero attached hydrogens (tertiary/aromatic N) is 1. The molecule has 1 aromatic heterocycles. The van der Waals surface area contributed by atoms with Crippen LogP contribution in [0.1, 0.15) is 20.7 Å². The Kier molecular flexibility index (Phi) is 5.04. The fraction of sp³-hybridized carbons (Fsp3) is 0. The van der Waals surface area contributed by atoms with Gasteiger partial charge in [0, 0.05) is 5.56 Å². The Bertz CT molecular complexity index is 568. The zero-order valence-electron chi connectivity index (χ0n) is 9.98. The van der Waals surface area contributed by atoms with Crippen molar-refractivity contribution in [3.63, 3.8) is 0 Å². The van der Waals surface area contributed by atoms with Crippen molar-refractivity contribution < 1.29 is 14.7 Å². The number of carboxylic acids is 1. The van der Waals surface area contributed by atoms with Gasteiger partial charge >= 0.3 is 5.97 Å². The summed E-state index contributed by atoms with van der Waals surface area (Å²) in [5.41, 5.74) is 11.0. The SMILES string of the molecule is Nc1cccc(N)n1.O=Cc1cccc(C(=O)O)c1. The second-order valence-corrected chi connectivity index (χ2v) is 3.54. The van der Waals surface area contributed by atoms with Crippen molar-refractivity contribution >= 4 is 23.9 Å². The number of nitrogen functional groups attached to an aromatic ring is 2. The van der Waals surface area contributed by atoms with Crippen LogP contribution in [0.5, 0.6) is 0 Å². The highest BCUT2D eigenvalue weighted by atomic mass is 16.4. The van der Waals surface area contributed by atoms with Gasteiger partial charge in [0.2, 0.25) is 0 Å². The number of pyridine rings is 1. The standard InChI is InChI=1S/C8H6O3.C5H7N3/c9-5-6-2-1-3-7(4-6)8(10)11;6-4-2-1-3-5(7)8-4/h1-5H,(H,10,11);1-3H,(H4,6,7,8). The van der Waals surface area contributed by atoms with Gasteiger partial charge in [-0.3, -0.25) is 4.79 Å². The summed E-state index contributed by atoms with van der Waals surface area (Å²) in [6.07, 6.45) is 0.617. The third kappa shape index (κ3) is 4.86. The molecule has 0 fully saturated rings. The van der Waals surface area contributed by atoms with E-state index in [2.05, 4.69) is 4.98 Å². The van der Waals surface area contributed by atoms with Gasteiger partial charge in [-0.1, -0.05) is 18.2 Å². The third-order valence-corrected chi connectivity index (χ3v) is 2.06. The first-order valence-electron chi connectivity index (χ1n) is 5.29. The Morgan fingerprint density at radius 1 is 1.11 bits per heavy atom. The fourth-order valence-electron chi connectivity index (χ4n) is 1.21. The van der Waals surface area contributed by atoms with Gasteiger partial charge in [-0.15, -0.1) is 0 Å². The number of rotatable bonds is 2. The lowest BCUT2D eigenvalue weighted by atomic mass is 10.1. The Morgan fingerprint density at radius 2 is 1.68 bits per heavy atom. The molecular formula is C13H13N3O3. The Balaban J connectivity index is 0.000000200. The summed E-state index contributed by atoms with van der Waals surface area (Å²) in [6, 6.07) is 11.0. The quantitative estimate of drug-likeness (QED) is 0.702. The Hall–Kier alpha value is -2.89. The highest BCUT2D eigenvalue weighted by Crippen LogP contribution is 2.02. The van der Waals surface area contributed by atoms with Crippen molar-refractivity contribution in [1.29, 1.82) is 0 Å². The van der Waals surface area contributed by atoms with Gasteiger partial charge in [-0.05, 0) is 24.3 Å². The molecule has 2 rings (SSSR count). The van der Waals surface area contributed by atoms with Gasteiger partial charge in [0.1, 0.15) is 17.9 Å². The highest BCUT2D eigenvalue weighted by molar-refractivity contribution is 5.90. The number of aldehydes is 1. The number of benzene rings is 1. The van der Waals surface area contributed by atoms with Crippen LogP contribution in [-0.2, 0) is 0 Å². The van der Waals surface area contributed by atoms with Gasteiger partial charge in [-0.2, -0.15) is 0 Å². The van der Waals surface area contributed by atoms with Crippen LogP contribution in [0.3, 0.4) is 0 Å². The number of carboxylic acid groups (broad SMARTS) is 1. The molecule has 0 unspecified atom stereocenters. The molecule has 6 nitrogen and oxygen atoms in total. The molecule has 0 bridgehead atoms. The minimum absolute atomic E-state index is 0.134. The summed E-state index contributed by atoms with van der Waals surface area (Å²) in [4.78, 5) is 24.3. The van der Waals surface area contributed by atoms with Crippen LogP contribution in [-0.4, -0.2) is 22.3 Å². The molecule has 0 aliphatic rings. The maximum Gasteiger partial charge on any atom is 0.335 e. The van der Waals surface area contributed by atoms with E-state index in [0.717, 1.165) is 0 Å². The molecule has 1 heterocycles. The van der Waals surface area contributed by atoms with E-state index in [4.69, 9.17) is 16.6 Å². The molecule has 0 spiro atoms. The number of aromatic nitrogens is 1. The van der Waals surface area contributed by atoms with Crippen molar-refractivity contribution in [2.24, 2.45) is 0 Å². The summed E-state index contributed by atoms with van der Waals surface area (Å²) >= 11 is 0. The van der Waals surface area contributed by atoms with E-state index in [1.165, 1.54) is 18.2 Å². The summed E-state index contributed by atoms with van der Waals surface area (Å²) in [6.45, 7) is 0. The molecule has 2 aromatic rings. The minimum Gasteiger partial charge on any atom is -0.478 e. The van der Waals surface area contributed by atoms with E-state index in [0.29, 0.717) is 23.5 Å². The molecule has 0 saturated heterocycles. The summed E-state index contributed by atoms with van der Waals surface area (Å²) in [5.74, 6) is -0.0938. The molecule has 5 N–H and O–H groups in total. The lowest BCUT2D eigenvalue weighted by molar-refractivity contribution is 0.0697. The average molecular weight is 259 g/mol. The van der Waals surface area contributed by atoms with Crippen LogP contribution >= 0.6 is 0 Å². The van der Waals surface area contributed by atoms with Crippen molar-refractivity contribution in [3.05, 3.63) is 53.6 Å². The lowest BCUT2D eigenvalue weighted by Crippen LogP contribution is -1.96. The first-order valence-corrected chi connectivity index (χ1v) is 5.29. The molecule has 0 aliphatic carbocycles. The number of carbonyl (C=O) groups is 2. The predicted molar refractivity (Wildman–Crippen MR) is 71.9 cm³/mol. The van der Waals surface area contributed by atoms with Crippen LogP contribution in [0.25, 0.3) is 0 Å². The number of anilines is 2. The predicted octanol–water partition coefficient (Wildman–Crippen LogP) is 1.44. The van der Waals surface area contributed by atoms with Crippen molar-refractivity contribution in [2.45, 2.75) is 0 Å². The van der Waals surface area contributed by atoms with E-state index in [1.54, 1.807) is 24.3 Å². The lowest BCUT2D eigenvalue weighted by Gasteiger charge is -1.92. The van der Waals surface area contributed by atoms with Crippen LogP contribution in [0, 0.1) is 0 Å². The normalized spacial score (nSPS) is 9.05. The summed E-state index contributed by atoms with van der Waals surface area (Å²) in [7, 11) is 0. The molecular weight excluding hydrogens is 246 g/mol.